The summed E-state index contributed by atoms with van der Waals surface area (Å²) in [5, 5.41) is 3.31. The Morgan fingerprint density at radius 1 is 1.47 bits per heavy atom. The normalized spacial score (nSPS) is 32.1. The fraction of sp³-hybridized carbons (Fsp3) is 0.636. The van der Waals surface area contributed by atoms with E-state index < -0.39 is 0 Å². The second kappa shape index (κ2) is 3.77. The van der Waals surface area contributed by atoms with E-state index in [1.165, 1.54) is 11.0 Å². The second-order valence-corrected chi connectivity index (χ2v) is 4.37. The van der Waals surface area contributed by atoms with Crippen LogP contribution in [0.3, 0.4) is 0 Å². The Bertz CT molecular complexity index is 335. The molecule has 2 rings (SSSR count). The Morgan fingerprint density at radius 3 is 2.73 bits per heavy atom. The fourth-order valence-electron chi connectivity index (χ4n) is 2.29. The molecular weight excluding hydrogens is 192 g/mol. The number of rotatable bonds is 1. The van der Waals surface area contributed by atoms with Gasteiger partial charge in [-0.25, -0.2) is 0 Å². The van der Waals surface area contributed by atoms with E-state index in [-0.39, 0.29) is 17.9 Å². The second-order valence-electron chi connectivity index (χ2n) is 4.37. The molecular formula is C11H16N2O2. The van der Waals surface area contributed by atoms with E-state index in [0.717, 1.165) is 19.4 Å². The molecule has 82 valence electrons. The van der Waals surface area contributed by atoms with E-state index in [9.17, 15) is 9.59 Å². The number of carbonyl (C=O) groups is 2. The molecule has 2 amide bonds. The maximum atomic E-state index is 11.7. The van der Waals surface area contributed by atoms with Crippen LogP contribution < -0.4 is 5.32 Å². The molecule has 0 bridgehead atoms. The zero-order chi connectivity index (χ0) is 11.0. The summed E-state index contributed by atoms with van der Waals surface area (Å²) in [6.07, 6.45) is 3.16. The number of amides is 2. The molecule has 0 radical (unpaired) electrons. The van der Waals surface area contributed by atoms with Crippen LogP contribution in [0.25, 0.3) is 0 Å². The number of nitrogens with one attached hydrogen (secondary N) is 1. The number of hydrogen-bond donors (Lipinski definition) is 1. The van der Waals surface area contributed by atoms with Crippen molar-refractivity contribution in [2.24, 2.45) is 0 Å². The third-order valence-corrected chi connectivity index (χ3v) is 3.09. The molecule has 0 spiro atoms. The van der Waals surface area contributed by atoms with Crippen LogP contribution in [0.2, 0.25) is 0 Å². The Balaban J connectivity index is 2.11. The molecule has 0 saturated carbocycles. The smallest absolute Gasteiger partial charge is 0.256 e. The van der Waals surface area contributed by atoms with Gasteiger partial charge in [0.15, 0.2) is 0 Å². The average Bonchev–Trinajstić information content (AvgIpc) is 2.41. The van der Waals surface area contributed by atoms with Gasteiger partial charge in [-0.2, -0.15) is 0 Å². The number of piperidine rings is 1. The molecule has 2 aliphatic rings. The number of carbonyl (C=O) groups excluding carboxylic acids is 2. The molecule has 15 heavy (non-hydrogen) atoms. The molecule has 2 heterocycles. The van der Waals surface area contributed by atoms with Crippen molar-refractivity contribution < 1.29 is 9.59 Å². The maximum Gasteiger partial charge on any atom is 0.256 e. The molecule has 4 heteroatoms. The summed E-state index contributed by atoms with van der Waals surface area (Å²) < 4.78 is 0. The van der Waals surface area contributed by atoms with E-state index in [1.807, 2.05) is 0 Å². The minimum atomic E-state index is -0.142. The first kappa shape index (κ1) is 10.4. The quantitative estimate of drug-likeness (QED) is 0.636. The zero-order valence-corrected chi connectivity index (χ0v) is 9.12. The van der Waals surface area contributed by atoms with Gasteiger partial charge in [-0.1, -0.05) is 0 Å². The van der Waals surface area contributed by atoms with E-state index >= 15 is 0 Å². The van der Waals surface area contributed by atoms with Crippen molar-refractivity contribution in [3.8, 4) is 0 Å². The first-order valence-electron chi connectivity index (χ1n) is 5.39. The van der Waals surface area contributed by atoms with Gasteiger partial charge in [-0.3, -0.25) is 14.5 Å². The first-order valence-corrected chi connectivity index (χ1v) is 5.39. The fourth-order valence-corrected chi connectivity index (χ4v) is 2.29. The van der Waals surface area contributed by atoms with Crippen LogP contribution in [0.5, 0.6) is 0 Å². The summed E-state index contributed by atoms with van der Waals surface area (Å²) in [6.45, 7) is 4.66. The lowest BCUT2D eigenvalue weighted by Gasteiger charge is -2.33. The summed E-state index contributed by atoms with van der Waals surface area (Å²) >= 11 is 0. The van der Waals surface area contributed by atoms with Crippen molar-refractivity contribution in [3.05, 3.63) is 11.6 Å². The van der Waals surface area contributed by atoms with Crippen molar-refractivity contribution >= 4 is 11.8 Å². The molecule has 2 aliphatic heterocycles. The molecule has 2 atom stereocenters. The van der Waals surface area contributed by atoms with Gasteiger partial charge in [0.25, 0.3) is 11.8 Å². The summed E-state index contributed by atoms with van der Waals surface area (Å²) in [7, 11) is 0. The summed E-state index contributed by atoms with van der Waals surface area (Å²) in [5.74, 6) is -0.254. The van der Waals surface area contributed by atoms with Crippen molar-refractivity contribution in [1.82, 2.24) is 10.2 Å². The highest BCUT2D eigenvalue weighted by Crippen LogP contribution is 2.22. The minimum absolute atomic E-state index is 0.0787. The van der Waals surface area contributed by atoms with Gasteiger partial charge < -0.3 is 5.32 Å². The van der Waals surface area contributed by atoms with Crippen LogP contribution in [-0.4, -0.2) is 35.3 Å². The van der Waals surface area contributed by atoms with Crippen LogP contribution in [-0.2, 0) is 9.59 Å². The lowest BCUT2D eigenvalue weighted by molar-refractivity contribution is -0.140. The van der Waals surface area contributed by atoms with E-state index in [0.29, 0.717) is 11.6 Å². The molecule has 1 N–H and O–H groups in total. The molecule has 4 nitrogen and oxygen atoms in total. The predicted molar refractivity (Wildman–Crippen MR) is 56.1 cm³/mol. The lowest BCUT2D eigenvalue weighted by Crippen LogP contribution is -2.49. The Kier molecular flexibility index (Phi) is 2.61. The highest BCUT2D eigenvalue weighted by atomic mass is 16.2. The minimum Gasteiger partial charge on any atom is -0.314 e. The molecule has 1 fully saturated rings. The van der Waals surface area contributed by atoms with E-state index in [1.54, 1.807) is 6.92 Å². The topological polar surface area (TPSA) is 49.4 Å². The van der Waals surface area contributed by atoms with Gasteiger partial charge in [-0.05, 0) is 33.2 Å². The SMILES string of the molecule is CC1=CC(=O)N(C2CCNC(C)C2)C1=O. The van der Waals surface area contributed by atoms with Crippen LogP contribution in [0, 0.1) is 0 Å². The Labute approximate surface area is 89.3 Å². The molecule has 0 aliphatic carbocycles. The highest BCUT2D eigenvalue weighted by Gasteiger charge is 2.36. The van der Waals surface area contributed by atoms with Gasteiger partial charge in [0, 0.05) is 23.7 Å². The zero-order valence-electron chi connectivity index (χ0n) is 9.12. The van der Waals surface area contributed by atoms with E-state index in [4.69, 9.17) is 0 Å². The molecule has 0 aromatic carbocycles. The Hall–Kier alpha value is -1.16. The highest BCUT2D eigenvalue weighted by molar-refractivity contribution is 6.16. The molecule has 0 aromatic rings. The standard InChI is InChI=1S/C11H16N2O2/c1-7-5-10(14)13(11(7)15)9-3-4-12-8(2)6-9/h5,8-9,12H,3-4,6H2,1-2H3. The summed E-state index contributed by atoms with van der Waals surface area (Å²) in [6, 6.07) is 0.459. The largest absolute Gasteiger partial charge is 0.314 e. The van der Waals surface area contributed by atoms with Crippen molar-refractivity contribution in [2.75, 3.05) is 6.54 Å². The van der Waals surface area contributed by atoms with Gasteiger partial charge >= 0.3 is 0 Å². The van der Waals surface area contributed by atoms with Crippen LogP contribution in [0.15, 0.2) is 11.6 Å². The molecule has 2 unspecified atom stereocenters. The summed E-state index contributed by atoms with van der Waals surface area (Å²) in [4.78, 5) is 24.8. The van der Waals surface area contributed by atoms with Gasteiger partial charge in [0.1, 0.15) is 0 Å². The van der Waals surface area contributed by atoms with E-state index in [2.05, 4.69) is 12.2 Å². The predicted octanol–water partition coefficient (Wildman–Crippen LogP) is 0.442. The summed E-state index contributed by atoms with van der Waals surface area (Å²) in [5.41, 5.74) is 0.561. The molecule has 1 saturated heterocycles. The molecule has 0 aromatic heterocycles. The lowest BCUT2D eigenvalue weighted by atomic mass is 9.99. The monoisotopic (exact) mass is 208 g/mol. The van der Waals surface area contributed by atoms with Gasteiger partial charge in [-0.15, -0.1) is 0 Å². The van der Waals surface area contributed by atoms with Crippen LogP contribution >= 0.6 is 0 Å². The third-order valence-electron chi connectivity index (χ3n) is 3.09. The van der Waals surface area contributed by atoms with Crippen molar-refractivity contribution in [1.29, 1.82) is 0 Å². The van der Waals surface area contributed by atoms with Crippen molar-refractivity contribution in [2.45, 2.75) is 38.8 Å². The maximum absolute atomic E-state index is 11.7. The Morgan fingerprint density at radius 2 is 2.20 bits per heavy atom. The van der Waals surface area contributed by atoms with Crippen LogP contribution in [0.4, 0.5) is 0 Å². The average molecular weight is 208 g/mol. The van der Waals surface area contributed by atoms with Gasteiger partial charge in [0.05, 0.1) is 0 Å². The van der Waals surface area contributed by atoms with Gasteiger partial charge in [0.2, 0.25) is 0 Å². The number of hydrogen-bond acceptors (Lipinski definition) is 3. The first-order chi connectivity index (χ1) is 7.09. The van der Waals surface area contributed by atoms with Crippen LogP contribution in [0.1, 0.15) is 26.7 Å². The van der Waals surface area contributed by atoms with Crippen molar-refractivity contribution in [3.63, 3.8) is 0 Å². The number of nitrogens with zero attached hydrogens (tertiary/aromatic N) is 1. The number of imide groups is 1. The third kappa shape index (κ3) is 1.81.